The summed E-state index contributed by atoms with van der Waals surface area (Å²) in [4.78, 5) is 22.9. The van der Waals surface area contributed by atoms with Crippen molar-refractivity contribution in [3.05, 3.63) is 24.8 Å². The Hall–Kier alpha value is -1.58. The first kappa shape index (κ1) is 33.4. The Morgan fingerprint density at radius 1 is 0.714 bits per heavy atom. The molecule has 0 aromatic carbocycles. The van der Waals surface area contributed by atoms with E-state index >= 15 is 0 Å². The standard InChI is InChI=1S/C31H56O4/c1-3-5-6-7-8-9-10-11-12-13-14-15-16-17-18-19-20-21-22-23-24-25-26-29(28-30(32)33)31(34)35-27-4-2/h4,15-16,29H,2-3,5-14,17-28H2,1H3,(H,32,33)/b16-15+. The van der Waals surface area contributed by atoms with E-state index in [1.165, 1.54) is 115 Å². The maximum atomic E-state index is 11.9. The summed E-state index contributed by atoms with van der Waals surface area (Å²) in [5.41, 5.74) is 0. The molecule has 0 aromatic rings. The van der Waals surface area contributed by atoms with Crippen molar-refractivity contribution in [1.82, 2.24) is 0 Å². The number of ether oxygens (including phenoxy) is 1. The van der Waals surface area contributed by atoms with Crippen LogP contribution >= 0.6 is 0 Å². The van der Waals surface area contributed by atoms with Crippen molar-refractivity contribution in [3.8, 4) is 0 Å². The van der Waals surface area contributed by atoms with Crippen LogP contribution in [-0.4, -0.2) is 23.7 Å². The van der Waals surface area contributed by atoms with Crippen molar-refractivity contribution in [2.45, 2.75) is 148 Å². The molecule has 0 spiro atoms. The predicted molar refractivity (Wildman–Crippen MR) is 149 cm³/mol. The van der Waals surface area contributed by atoms with Gasteiger partial charge in [0.1, 0.15) is 6.61 Å². The van der Waals surface area contributed by atoms with Crippen molar-refractivity contribution in [2.75, 3.05) is 6.61 Å². The third-order valence-electron chi connectivity index (χ3n) is 6.66. The fourth-order valence-corrected chi connectivity index (χ4v) is 4.47. The quantitative estimate of drug-likeness (QED) is 0.0704. The van der Waals surface area contributed by atoms with Gasteiger partial charge in [0.25, 0.3) is 0 Å². The molecule has 0 aliphatic rings. The molecule has 1 atom stereocenters. The molecule has 4 heteroatoms. The summed E-state index contributed by atoms with van der Waals surface area (Å²) in [5, 5.41) is 9.00. The molecule has 0 amide bonds. The summed E-state index contributed by atoms with van der Waals surface area (Å²) in [7, 11) is 0. The topological polar surface area (TPSA) is 63.6 Å². The van der Waals surface area contributed by atoms with Crippen LogP contribution in [0.5, 0.6) is 0 Å². The highest BCUT2D eigenvalue weighted by Crippen LogP contribution is 2.18. The third kappa shape index (κ3) is 25.3. The third-order valence-corrected chi connectivity index (χ3v) is 6.66. The van der Waals surface area contributed by atoms with Crippen molar-refractivity contribution < 1.29 is 19.4 Å². The van der Waals surface area contributed by atoms with Gasteiger partial charge in [0.05, 0.1) is 12.3 Å². The van der Waals surface area contributed by atoms with Crippen molar-refractivity contribution >= 4 is 11.9 Å². The van der Waals surface area contributed by atoms with E-state index in [-0.39, 0.29) is 13.0 Å². The maximum absolute atomic E-state index is 11.9. The molecule has 0 radical (unpaired) electrons. The summed E-state index contributed by atoms with van der Waals surface area (Å²) in [6.07, 6.45) is 32.7. The summed E-state index contributed by atoms with van der Waals surface area (Å²) >= 11 is 0. The van der Waals surface area contributed by atoms with Gasteiger partial charge in [0.2, 0.25) is 0 Å². The van der Waals surface area contributed by atoms with Crippen LogP contribution in [0, 0.1) is 5.92 Å². The molecule has 4 nitrogen and oxygen atoms in total. The lowest BCUT2D eigenvalue weighted by molar-refractivity contribution is -0.152. The number of carbonyl (C=O) groups is 2. The Morgan fingerprint density at radius 3 is 1.57 bits per heavy atom. The highest BCUT2D eigenvalue weighted by molar-refractivity contribution is 5.79. The number of hydrogen-bond acceptors (Lipinski definition) is 3. The molecule has 0 saturated heterocycles. The number of allylic oxidation sites excluding steroid dienone is 2. The maximum Gasteiger partial charge on any atom is 0.309 e. The molecule has 1 N–H and O–H groups in total. The van der Waals surface area contributed by atoms with E-state index in [2.05, 4.69) is 25.7 Å². The summed E-state index contributed by atoms with van der Waals surface area (Å²) in [6, 6.07) is 0. The lowest BCUT2D eigenvalue weighted by Crippen LogP contribution is -2.21. The van der Waals surface area contributed by atoms with E-state index < -0.39 is 17.9 Å². The molecule has 0 aliphatic heterocycles. The van der Waals surface area contributed by atoms with E-state index in [0.717, 1.165) is 19.3 Å². The molecule has 204 valence electrons. The van der Waals surface area contributed by atoms with Crippen molar-refractivity contribution in [1.29, 1.82) is 0 Å². The van der Waals surface area contributed by atoms with Crippen LogP contribution < -0.4 is 0 Å². The second-order valence-corrected chi connectivity index (χ2v) is 10.1. The fourth-order valence-electron chi connectivity index (χ4n) is 4.47. The Kier molecular flexibility index (Phi) is 25.8. The molecule has 0 fully saturated rings. The van der Waals surface area contributed by atoms with E-state index in [1.807, 2.05) is 0 Å². The van der Waals surface area contributed by atoms with Crippen LogP contribution in [0.15, 0.2) is 24.8 Å². The largest absolute Gasteiger partial charge is 0.481 e. The second-order valence-electron chi connectivity index (χ2n) is 10.1. The van der Waals surface area contributed by atoms with E-state index in [9.17, 15) is 9.59 Å². The highest BCUT2D eigenvalue weighted by atomic mass is 16.5. The predicted octanol–water partition coefficient (Wildman–Crippen LogP) is 9.57. The highest BCUT2D eigenvalue weighted by Gasteiger charge is 2.22. The Morgan fingerprint density at radius 2 is 1.14 bits per heavy atom. The molecular formula is C31H56O4. The normalized spacial score (nSPS) is 12.1. The molecule has 0 aliphatic carbocycles. The lowest BCUT2D eigenvalue weighted by Gasteiger charge is -2.13. The molecule has 0 bridgehead atoms. The molecule has 0 rings (SSSR count). The minimum Gasteiger partial charge on any atom is -0.481 e. The minimum atomic E-state index is -0.945. The zero-order chi connectivity index (χ0) is 25.8. The van der Waals surface area contributed by atoms with Gasteiger partial charge in [-0.2, -0.15) is 0 Å². The van der Waals surface area contributed by atoms with Gasteiger partial charge in [0, 0.05) is 0 Å². The Balaban J connectivity index is 3.43. The van der Waals surface area contributed by atoms with E-state index in [0.29, 0.717) is 6.42 Å². The molecular weight excluding hydrogens is 436 g/mol. The summed E-state index contributed by atoms with van der Waals surface area (Å²) < 4.78 is 5.03. The Labute approximate surface area is 217 Å². The zero-order valence-corrected chi connectivity index (χ0v) is 23.0. The first-order valence-electron chi connectivity index (χ1n) is 14.8. The number of hydrogen-bond donors (Lipinski definition) is 1. The van der Waals surface area contributed by atoms with Crippen LogP contribution in [0.3, 0.4) is 0 Å². The zero-order valence-electron chi connectivity index (χ0n) is 23.0. The number of aliphatic carboxylic acids is 1. The summed E-state index contributed by atoms with van der Waals surface area (Å²) in [6.45, 7) is 5.94. The smallest absolute Gasteiger partial charge is 0.309 e. The number of carboxylic acids is 1. The second kappa shape index (κ2) is 27.0. The summed E-state index contributed by atoms with van der Waals surface area (Å²) in [5.74, 6) is -1.89. The Bertz CT molecular complexity index is 526. The minimum absolute atomic E-state index is 0.143. The fraction of sp³-hybridized carbons (Fsp3) is 0.806. The van der Waals surface area contributed by atoms with Gasteiger partial charge in [0.15, 0.2) is 0 Å². The number of carbonyl (C=O) groups excluding carboxylic acids is 1. The molecule has 0 saturated carbocycles. The van der Waals surface area contributed by atoms with Gasteiger partial charge in [-0.25, -0.2) is 0 Å². The van der Waals surface area contributed by atoms with Gasteiger partial charge in [-0.3, -0.25) is 9.59 Å². The molecule has 0 heterocycles. The lowest BCUT2D eigenvalue weighted by atomic mass is 9.97. The van der Waals surface area contributed by atoms with Crippen LogP contribution in [0.2, 0.25) is 0 Å². The van der Waals surface area contributed by atoms with E-state index in [4.69, 9.17) is 9.84 Å². The van der Waals surface area contributed by atoms with Crippen LogP contribution in [-0.2, 0) is 14.3 Å². The van der Waals surface area contributed by atoms with E-state index in [1.54, 1.807) is 0 Å². The van der Waals surface area contributed by atoms with Crippen LogP contribution in [0.4, 0.5) is 0 Å². The average Bonchev–Trinajstić information content (AvgIpc) is 2.84. The monoisotopic (exact) mass is 492 g/mol. The molecule has 0 aromatic heterocycles. The van der Waals surface area contributed by atoms with Crippen molar-refractivity contribution in [3.63, 3.8) is 0 Å². The number of esters is 1. The number of carboxylic acid groups (broad SMARTS) is 1. The average molecular weight is 493 g/mol. The first-order valence-corrected chi connectivity index (χ1v) is 14.8. The van der Waals surface area contributed by atoms with Gasteiger partial charge in [-0.1, -0.05) is 134 Å². The van der Waals surface area contributed by atoms with Gasteiger partial charge < -0.3 is 9.84 Å². The van der Waals surface area contributed by atoms with Crippen LogP contribution in [0.1, 0.15) is 148 Å². The first-order chi connectivity index (χ1) is 17.1. The number of rotatable bonds is 27. The number of unbranched alkanes of at least 4 members (excludes halogenated alkanes) is 18. The molecule has 35 heavy (non-hydrogen) atoms. The van der Waals surface area contributed by atoms with Crippen molar-refractivity contribution in [2.24, 2.45) is 5.92 Å². The van der Waals surface area contributed by atoms with Gasteiger partial charge in [-0.05, 0) is 32.1 Å². The van der Waals surface area contributed by atoms with Crippen LogP contribution in [0.25, 0.3) is 0 Å². The van der Waals surface area contributed by atoms with Gasteiger partial charge in [-0.15, -0.1) is 0 Å². The molecule has 1 unspecified atom stereocenters. The van der Waals surface area contributed by atoms with Gasteiger partial charge >= 0.3 is 11.9 Å². The SMILES string of the molecule is C=CCOC(=O)C(CCCCCCCCCC/C=C/CCCCCCCCCCCC)CC(=O)O.